The fourth-order valence-corrected chi connectivity index (χ4v) is 6.93. The second kappa shape index (κ2) is 39.8. The van der Waals surface area contributed by atoms with Crippen LogP contribution in [0.3, 0.4) is 0 Å². The van der Waals surface area contributed by atoms with E-state index in [2.05, 4.69) is 42.7 Å². The normalized spacial score (nSPS) is 13.9. The van der Waals surface area contributed by atoms with Gasteiger partial charge in [0.25, 0.3) is 0 Å². The largest absolute Gasteiger partial charge is 0.480 e. The number of rotatable bonds is 42. The van der Waals surface area contributed by atoms with E-state index in [1.54, 1.807) is 0 Å². The third kappa shape index (κ3) is 38.8. The van der Waals surface area contributed by atoms with Crippen LogP contribution in [0.25, 0.3) is 0 Å². The number of allylic oxidation sites excluding steroid dienone is 4. The molecule has 0 fully saturated rings. The molecule has 0 saturated carbocycles. The molecule has 0 heterocycles. The van der Waals surface area contributed by atoms with Crippen LogP contribution in [0, 0.1) is 0 Å². The zero-order valence-electron chi connectivity index (χ0n) is 35.5. The van der Waals surface area contributed by atoms with E-state index in [4.69, 9.17) is 24.8 Å². The number of phosphoric acid groups is 1. The number of carboxylic acids is 1. The maximum absolute atomic E-state index is 12.6. The molecule has 0 aromatic heterocycles. The highest BCUT2D eigenvalue weighted by Crippen LogP contribution is 2.43. The predicted octanol–water partition coefficient (Wildman–Crippen LogP) is 11.8. The summed E-state index contributed by atoms with van der Waals surface area (Å²) in [5.41, 5.74) is 5.33. The van der Waals surface area contributed by atoms with Crippen molar-refractivity contribution >= 4 is 25.7 Å². The molecule has 0 aliphatic heterocycles. The number of ether oxygens (including phenoxy) is 2. The van der Waals surface area contributed by atoms with Crippen molar-refractivity contribution < 1.29 is 47.5 Å². The molecule has 0 bridgehead atoms. The van der Waals surface area contributed by atoms with Crippen molar-refractivity contribution in [2.24, 2.45) is 5.73 Å². The molecule has 0 rings (SSSR count). The molecular weight excluding hydrogens is 733 g/mol. The molecule has 0 aliphatic rings. The molecule has 0 amide bonds. The first-order valence-corrected chi connectivity index (χ1v) is 23.9. The van der Waals surface area contributed by atoms with Gasteiger partial charge in [0, 0.05) is 12.8 Å². The van der Waals surface area contributed by atoms with Crippen LogP contribution in [0.15, 0.2) is 24.3 Å². The van der Waals surface area contributed by atoms with Crippen molar-refractivity contribution in [1.82, 2.24) is 0 Å². The summed E-state index contributed by atoms with van der Waals surface area (Å²) in [4.78, 5) is 46.0. The minimum Gasteiger partial charge on any atom is -0.480 e. The molecule has 56 heavy (non-hydrogen) atoms. The molecule has 0 spiro atoms. The van der Waals surface area contributed by atoms with Gasteiger partial charge in [-0.15, -0.1) is 0 Å². The lowest BCUT2D eigenvalue weighted by atomic mass is 10.0. The summed E-state index contributed by atoms with van der Waals surface area (Å²) >= 11 is 0. The second-order valence-electron chi connectivity index (χ2n) is 15.2. The van der Waals surface area contributed by atoms with Crippen LogP contribution in [0.1, 0.15) is 206 Å². The van der Waals surface area contributed by atoms with E-state index < -0.39 is 51.1 Å². The summed E-state index contributed by atoms with van der Waals surface area (Å²) in [5, 5.41) is 8.89. The SMILES string of the molecule is CCCCC/C=C\C/C=C\CCCCCCCCCC(=O)OC(COC(=O)CCCCCCCCCCCCCCCCC)COP(=O)(O)OCC(N)C(=O)O. The number of phosphoric ester groups is 1. The average Bonchev–Trinajstić information content (AvgIpc) is 3.17. The van der Waals surface area contributed by atoms with Crippen LogP contribution < -0.4 is 5.73 Å². The molecule has 12 heteroatoms. The van der Waals surface area contributed by atoms with E-state index in [1.165, 1.54) is 109 Å². The third-order valence-corrected chi connectivity index (χ3v) is 10.7. The lowest BCUT2D eigenvalue weighted by molar-refractivity contribution is -0.161. The predicted molar refractivity (Wildman–Crippen MR) is 226 cm³/mol. The van der Waals surface area contributed by atoms with Gasteiger partial charge in [-0.1, -0.05) is 173 Å². The molecule has 0 aromatic carbocycles. The van der Waals surface area contributed by atoms with Gasteiger partial charge < -0.3 is 25.2 Å². The van der Waals surface area contributed by atoms with E-state index in [9.17, 15) is 23.8 Å². The van der Waals surface area contributed by atoms with Gasteiger partial charge >= 0.3 is 25.7 Å². The second-order valence-corrected chi connectivity index (χ2v) is 16.6. The minimum atomic E-state index is -4.71. The molecule has 11 nitrogen and oxygen atoms in total. The number of esters is 2. The van der Waals surface area contributed by atoms with Crippen LogP contribution in [-0.4, -0.2) is 59.9 Å². The average molecular weight is 816 g/mol. The van der Waals surface area contributed by atoms with Crippen molar-refractivity contribution in [3.63, 3.8) is 0 Å². The Hall–Kier alpha value is -2.04. The Morgan fingerprint density at radius 1 is 0.554 bits per heavy atom. The number of hydrogen-bond acceptors (Lipinski definition) is 9. The number of unbranched alkanes of at least 4 members (excludes halogenated alkanes) is 24. The minimum absolute atomic E-state index is 0.155. The van der Waals surface area contributed by atoms with Gasteiger partial charge in [0.2, 0.25) is 0 Å². The van der Waals surface area contributed by atoms with Crippen LogP contribution in [0.5, 0.6) is 0 Å². The monoisotopic (exact) mass is 816 g/mol. The number of hydrogen-bond donors (Lipinski definition) is 3. The van der Waals surface area contributed by atoms with Crippen LogP contribution in [0.2, 0.25) is 0 Å². The van der Waals surface area contributed by atoms with Crippen molar-refractivity contribution in [1.29, 1.82) is 0 Å². The number of carboxylic acid groups (broad SMARTS) is 1. The Kier molecular flexibility index (Phi) is 38.3. The molecular formula is C44H82NO10P. The molecule has 0 saturated heterocycles. The number of carbonyl (C=O) groups excluding carboxylic acids is 2. The standard InChI is InChI=1S/C44H82NO10P/c1-3-5-7-9-11-13-15-17-19-20-22-24-26-28-30-32-34-36-43(47)55-40(38-53-56(50,51)54-39-41(45)44(48)49)37-52-42(46)35-33-31-29-27-25-23-21-18-16-14-12-10-8-6-4-2/h11,13,17,19,40-41H,3-10,12,14-16,18,20-39,45H2,1-2H3,(H,48,49)(H,50,51)/b13-11-,19-17-. The smallest absolute Gasteiger partial charge is 0.472 e. The Labute approximate surface area is 340 Å². The number of nitrogens with two attached hydrogens (primary N) is 1. The van der Waals surface area contributed by atoms with Gasteiger partial charge in [0.1, 0.15) is 12.6 Å². The van der Waals surface area contributed by atoms with E-state index >= 15 is 0 Å². The first kappa shape index (κ1) is 54.0. The van der Waals surface area contributed by atoms with E-state index in [0.29, 0.717) is 12.8 Å². The highest BCUT2D eigenvalue weighted by atomic mass is 31.2. The van der Waals surface area contributed by atoms with Crippen molar-refractivity contribution in [2.45, 2.75) is 219 Å². The summed E-state index contributed by atoms with van der Waals surface area (Å²) < 4.78 is 32.7. The first-order valence-electron chi connectivity index (χ1n) is 22.4. The fourth-order valence-electron chi connectivity index (χ4n) is 6.15. The van der Waals surface area contributed by atoms with Gasteiger partial charge in [0.05, 0.1) is 13.2 Å². The van der Waals surface area contributed by atoms with E-state index in [0.717, 1.165) is 57.8 Å². The van der Waals surface area contributed by atoms with E-state index in [-0.39, 0.29) is 19.4 Å². The molecule has 0 radical (unpaired) electrons. The summed E-state index contributed by atoms with van der Waals surface area (Å²) in [7, 11) is -4.71. The van der Waals surface area contributed by atoms with Crippen molar-refractivity contribution in [3.8, 4) is 0 Å². The third-order valence-electron chi connectivity index (χ3n) is 9.70. The molecule has 3 unspecified atom stereocenters. The Morgan fingerprint density at radius 2 is 0.946 bits per heavy atom. The molecule has 0 aliphatic carbocycles. The van der Waals surface area contributed by atoms with Gasteiger partial charge in [-0.25, -0.2) is 4.57 Å². The topological polar surface area (TPSA) is 172 Å². The zero-order chi connectivity index (χ0) is 41.4. The summed E-state index contributed by atoms with van der Waals surface area (Å²) in [6.45, 7) is 2.79. The van der Waals surface area contributed by atoms with Gasteiger partial charge in [-0.3, -0.25) is 23.4 Å². The van der Waals surface area contributed by atoms with Gasteiger partial charge in [0.15, 0.2) is 6.10 Å². The zero-order valence-corrected chi connectivity index (χ0v) is 36.4. The van der Waals surface area contributed by atoms with Crippen LogP contribution in [-0.2, 0) is 37.5 Å². The molecule has 4 N–H and O–H groups in total. The lowest BCUT2D eigenvalue weighted by Crippen LogP contribution is -2.34. The highest BCUT2D eigenvalue weighted by molar-refractivity contribution is 7.47. The van der Waals surface area contributed by atoms with Crippen molar-refractivity contribution in [2.75, 3.05) is 19.8 Å². The Morgan fingerprint density at radius 3 is 1.43 bits per heavy atom. The molecule has 328 valence electrons. The van der Waals surface area contributed by atoms with Gasteiger partial charge in [-0.05, 0) is 44.9 Å². The highest BCUT2D eigenvalue weighted by Gasteiger charge is 2.28. The van der Waals surface area contributed by atoms with Crippen molar-refractivity contribution in [3.05, 3.63) is 24.3 Å². The van der Waals surface area contributed by atoms with Crippen LogP contribution in [0.4, 0.5) is 0 Å². The Balaban J connectivity index is 4.34. The fraction of sp³-hybridized carbons (Fsp3) is 0.841. The summed E-state index contributed by atoms with van der Waals surface area (Å²) in [6.07, 6.45) is 40.9. The van der Waals surface area contributed by atoms with Crippen LogP contribution >= 0.6 is 7.82 Å². The Bertz CT molecular complexity index is 1050. The van der Waals surface area contributed by atoms with E-state index in [1.807, 2.05) is 0 Å². The summed E-state index contributed by atoms with van der Waals surface area (Å²) in [5.74, 6) is -2.38. The number of aliphatic carboxylic acids is 1. The summed E-state index contributed by atoms with van der Waals surface area (Å²) in [6, 6.07) is -1.52. The lowest BCUT2D eigenvalue weighted by Gasteiger charge is -2.20. The number of carbonyl (C=O) groups is 3. The molecule has 3 atom stereocenters. The molecule has 0 aromatic rings. The maximum Gasteiger partial charge on any atom is 0.472 e. The maximum atomic E-state index is 12.6. The first-order chi connectivity index (χ1) is 27.1. The van der Waals surface area contributed by atoms with Gasteiger partial charge in [-0.2, -0.15) is 0 Å². The quantitative estimate of drug-likeness (QED) is 0.0232.